The van der Waals surface area contributed by atoms with Gasteiger partial charge in [0.2, 0.25) is 0 Å². The number of hydrogen-bond donors (Lipinski definition) is 0. The molecule has 0 saturated heterocycles. The Bertz CT molecular complexity index is 202. The standard InChI is InChI=1S/C6H9N3/c1-3-4-9-5-6(2)7-8-9/h3,5H,1,4H2,2H3. The number of aromatic nitrogens is 3. The van der Waals surface area contributed by atoms with Crippen LogP contribution in [-0.2, 0) is 6.54 Å². The van der Waals surface area contributed by atoms with Gasteiger partial charge in [0.25, 0.3) is 0 Å². The van der Waals surface area contributed by atoms with Gasteiger partial charge in [0.15, 0.2) is 0 Å². The van der Waals surface area contributed by atoms with Crippen LogP contribution in [0.3, 0.4) is 0 Å². The first-order valence-electron chi connectivity index (χ1n) is 2.80. The van der Waals surface area contributed by atoms with E-state index in [1.54, 1.807) is 10.8 Å². The molecular formula is C6H9N3. The maximum absolute atomic E-state index is 3.80. The highest BCUT2D eigenvalue weighted by Gasteiger charge is 1.89. The average Bonchev–Trinajstić information content (AvgIpc) is 2.17. The second-order valence-corrected chi connectivity index (χ2v) is 1.87. The summed E-state index contributed by atoms with van der Waals surface area (Å²) in [6.45, 7) is 6.22. The summed E-state index contributed by atoms with van der Waals surface area (Å²) in [7, 11) is 0. The van der Waals surface area contributed by atoms with Gasteiger partial charge in [-0.3, -0.25) is 0 Å². The van der Waals surface area contributed by atoms with Gasteiger partial charge in [-0.05, 0) is 6.92 Å². The lowest BCUT2D eigenvalue weighted by molar-refractivity contribution is 0.662. The summed E-state index contributed by atoms with van der Waals surface area (Å²) in [5.74, 6) is 0. The molecule has 0 atom stereocenters. The molecule has 1 heterocycles. The predicted molar refractivity (Wildman–Crippen MR) is 35.0 cm³/mol. The molecule has 0 fully saturated rings. The zero-order chi connectivity index (χ0) is 6.69. The van der Waals surface area contributed by atoms with Crippen LogP contribution in [0.2, 0.25) is 0 Å². The van der Waals surface area contributed by atoms with Crippen LogP contribution in [0.1, 0.15) is 5.69 Å². The van der Waals surface area contributed by atoms with Gasteiger partial charge in [0.05, 0.1) is 12.2 Å². The molecule has 1 aromatic heterocycles. The molecule has 0 unspecified atom stereocenters. The molecule has 1 aromatic rings. The van der Waals surface area contributed by atoms with Crippen molar-refractivity contribution in [2.75, 3.05) is 0 Å². The van der Waals surface area contributed by atoms with Crippen molar-refractivity contribution in [2.45, 2.75) is 13.5 Å². The van der Waals surface area contributed by atoms with Crippen LogP contribution in [0.15, 0.2) is 18.9 Å². The van der Waals surface area contributed by atoms with Gasteiger partial charge >= 0.3 is 0 Å². The molecule has 0 radical (unpaired) electrons. The maximum Gasteiger partial charge on any atom is 0.0796 e. The zero-order valence-corrected chi connectivity index (χ0v) is 5.41. The molecule has 48 valence electrons. The molecule has 0 aliphatic heterocycles. The van der Waals surface area contributed by atoms with E-state index in [1.165, 1.54) is 0 Å². The molecule has 9 heavy (non-hydrogen) atoms. The second-order valence-electron chi connectivity index (χ2n) is 1.87. The van der Waals surface area contributed by atoms with Crippen LogP contribution in [0.5, 0.6) is 0 Å². The first kappa shape index (κ1) is 6.01. The molecule has 0 N–H and O–H groups in total. The lowest BCUT2D eigenvalue weighted by atomic mass is 10.5. The van der Waals surface area contributed by atoms with Crippen molar-refractivity contribution in [3.8, 4) is 0 Å². The van der Waals surface area contributed by atoms with Crippen molar-refractivity contribution in [2.24, 2.45) is 0 Å². The summed E-state index contributed by atoms with van der Waals surface area (Å²) in [4.78, 5) is 0. The van der Waals surface area contributed by atoms with E-state index in [-0.39, 0.29) is 0 Å². The van der Waals surface area contributed by atoms with Crippen molar-refractivity contribution < 1.29 is 0 Å². The molecule has 3 heteroatoms. The average molecular weight is 123 g/mol. The van der Waals surface area contributed by atoms with Crippen molar-refractivity contribution in [3.05, 3.63) is 24.5 Å². The Morgan fingerprint density at radius 2 is 2.67 bits per heavy atom. The molecule has 0 aliphatic carbocycles. The van der Waals surface area contributed by atoms with E-state index in [0.717, 1.165) is 12.2 Å². The summed E-state index contributed by atoms with van der Waals surface area (Å²) in [6.07, 6.45) is 3.66. The highest BCUT2D eigenvalue weighted by atomic mass is 15.4. The SMILES string of the molecule is C=CCn1cc(C)nn1. The third-order valence-electron chi connectivity index (χ3n) is 0.969. The smallest absolute Gasteiger partial charge is 0.0796 e. The van der Waals surface area contributed by atoms with Gasteiger partial charge in [-0.2, -0.15) is 0 Å². The monoisotopic (exact) mass is 123 g/mol. The minimum atomic E-state index is 0.737. The topological polar surface area (TPSA) is 30.7 Å². The lowest BCUT2D eigenvalue weighted by Crippen LogP contribution is -1.94. The van der Waals surface area contributed by atoms with Gasteiger partial charge in [-0.15, -0.1) is 11.7 Å². The first-order chi connectivity index (χ1) is 4.33. The molecule has 0 amide bonds. The Morgan fingerprint density at radius 3 is 3.11 bits per heavy atom. The fraction of sp³-hybridized carbons (Fsp3) is 0.333. The molecule has 0 aromatic carbocycles. The van der Waals surface area contributed by atoms with Crippen LogP contribution < -0.4 is 0 Å². The Hall–Kier alpha value is -1.12. The minimum Gasteiger partial charge on any atom is -0.248 e. The van der Waals surface area contributed by atoms with Crippen molar-refractivity contribution >= 4 is 0 Å². The van der Waals surface area contributed by atoms with Crippen molar-refractivity contribution in [3.63, 3.8) is 0 Å². The van der Waals surface area contributed by atoms with Gasteiger partial charge in [-0.1, -0.05) is 11.3 Å². The van der Waals surface area contributed by atoms with Crippen LogP contribution >= 0.6 is 0 Å². The van der Waals surface area contributed by atoms with Crippen LogP contribution in [-0.4, -0.2) is 15.0 Å². The fourth-order valence-corrected chi connectivity index (χ4v) is 0.617. The van der Waals surface area contributed by atoms with E-state index in [2.05, 4.69) is 16.9 Å². The molecule has 0 spiro atoms. The molecular weight excluding hydrogens is 114 g/mol. The second kappa shape index (κ2) is 2.44. The number of rotatable bonds is 2. The summed E-state index contributed by atoms with van der Waals surface area (Å²) in [5, 5.41) is 7.60. The molecule has 0 saturated carbocycles. The van der Waals surface area contributed by atoms with Crippen molar-refractivity contribution in [1.29, 1.82) is 0 Å². The Kier molecular flexibility index (Phi) is 1.63. The quantitative estimate of drug-likeness (QED) is 0.544. The predicted octanol–water partition coefficient (Wildman–Crippen LogP) is 0.773. The van der Waals surface area contributed by atoms with Crippen LogP contribution in [0.25, 0.3) is 0 Å². The normalized spacial score (nSPS) is 9.44. The van der Waals surface area contributed by atoms with Gasteiger partial charge < -0.3 is 0 Å². The number of hydrogen-bond acceptors (Lipinski definition) is 2. The minimum absolute atomic E-state index is 0.737. The lowest BCUT2D eigenvalue weighted by Gasteiger charge is -1.87. The third kappa shape index (κ3) is 1.38. The molecule has 0 aliphatic rings. The third-order valence-corrected chi connectivity index (χ3v) is 0.969. The van der Waals surface area contributed by atoms with E-state index in [4.69, 9.17) is 0 Å². The van der Waals surface area contributed by atoms with E-state index < -0.39 is 0 Å². The highest BCUT2D eigenvalue weighted by molar-refractivity contribution is 4.87. The fourth-order valence-electron chi connectivity index (χ4n) is 0.617. The number of allylic oxidation sites excluding steroid dienone is 1. The van der Waals surface area contributed by atoms with E-state index in [0.29, 0.717) is 0 Å². The largest absolute Gasteiger partial charge is 0.248 e. The van der Waals surface area contributed by atoms with E-state index >= 15 is 0 Å². The Balaban J connectivity index is 2.72. The van der Waals surface area contributed by atoms with Gasteiger partial charge in [-0.25, -0.2) is 4.68 Å². The highest BCUT2D eigenvalue weighted by Crippen LogP contribution is 1.87. The first-order valence-corrected chi connectivity index (χ1v) is 2.80. The Labute approximate surface area is 54.0 Å². The van der Waals surface area contributed by atoms with Crippen molar-refractivity contribution in [1.82, 2.24) is 15.0 Å². The molecule has 1 rings (SSSR count). The molecule has 0 bridgehead atoms. The van der Waals surface area contributed by atoms with Crippen LogP contribution in [0, 0.1) is 6.92 Å². The molecule has 3 nitrogen and oxygen atoms in total. The van der Waals surface area contributed by atoms with E-state index in [9.17, 15) is 0 Å². The summed E-state index contributed by atoms with van der Waals surface area (Å²) < 4.78 is 1.74. The van der Waals surface area contributed by atoms with Gasteiger partial charge in [0, 0.05) is 6.20 Å². The summed E-state index contributed by atoms with van der Waals surface area (Å²) >= 11 is 0. The summed E-state index contributed by atoms with van der Waals surface area (Å²) in [6, 6.07) is 0. The van der Waals surface area contributed by atoms with Crippen LogP contribution in [0.4, 0.5) is 0 Å². The summed E-state index contributed by atoms with van der Waals surface area (Å²) in [5.41, 5.74) is 0.942. The number of aryl methyl sites for hydroxylation is 1. The maximum atomic E-state index is 3.80. The van der Waals surface area contributed by atoms with E-state index in [1.807, 2.05) is 13.1 Å². The number of nitrogens with zero attached hydrogens (tertiary/aromatic N) is 3. The zero-order valence-electron chi connectivity index (χ0n) is 5.41. The Morgan fingerprint density at radius 1 is 1.89 bits per heavy atom. The van der Waals surface area contributed by atoms with Gasteiger partial charge in [0.1, 0.15) is 0 Å².